The fourth-order valence-corrected chi connectivity index (χ4v) is 3.27. The number of nitrogens with zero attached hydrogens (tertiary/aromatic N) is 4. The lowest BCUT2D eigenvalue weighted by Crippen LogP contribution is -2.34. The third-order valence-electron chi connectivity index (χ3n) is 4.83. The number of aromatic nitrogens is 4. The van der Waals surface area contributed by atoms with Crippen molar-refractivity contribution >= 4 is 11.7 Å². The molecule has 0 spiro atoms. The van der Waals surface area contributed by atoms with E-state index < -0.39 is 18.3 Å². The lowest BCUT2D eigenvalue weighted by molar-refractivity contribution is 0.00652. The summed E-state index contributed by atoms with van der Waals surface area (Å²) in [4.78, 5) is 21.4. The van der Waals surface area contributed by atoms with Gasteiger partial charge in [-0.25, -0.2) is 14.4 Å². The third-order valence-corrected chi connectivity index (χ3v) is 4.83. The van der Waals surface area contributed by atoms with Crippen LogP contribution < -0.4 is 11.1 Å². The number of aliphatic hydroxyl groups excluding tert-OH is 1. The van der Waals surface area contributed by atoms with Crippen LogP contribution in [0.1, 0.15) is 22.0 Å². The summed E-state index contributed by atoms with van der Waals surface area (Å²) in [6.07, 6.45) is 2.18. The van der Waals surface area contributed by atoms with Crippen LogP contribution in [0.15, 0.2) is 79.3 Å². The molecular formula is C23H19FN6O2. The molecule has 2 heterocycles. The number of alkyl halides is 1. The Morgan fingerprint density at radius 1 is 1.00 bits per heavy atom. The molecule has 0 saturated carbocycles. The maximum atomic E-state index is 14.3. The Labute approximate surface area is 183 Å². The zero-order valence-corrected chi connectivity index (χ0v) is 16.8. The van der Waals surface area contributed by atoms with Crippen molar-refractivity contribution in [3.05, 3.63) is 90.4 Å². The van der Waals surface area contributed by atoms with Gasteiger partial charge in [0, 0.05) is 16.7 Å². The van der Waals surface area contributed by atoms with Crippen LogP contribution in [0.25, 0.3) is 22.5 Å². The van der Waals surface area contributed by atoms with Crippen LogP contribution in [0.2, 0.25) is 0 Å². The van der Waals surface area contributed by atoms with Gasteiger partial charge in [-0.2, -0.15) is 10.2 Å². The molecule has 0 radical (unpaired) electrons. The van der Waals surface area contributed by atoms with Crippen LogP contribution in [0, 0.1) is 0 Å². The molecule has 8 nitrogen and oxygen atoms in total. The summed E-state index contributed by atoms with van der Waals surface area (Å²) in [5.74, 6) is -0.414. The van der Waals surface area contributed by atoms with Gasteiger partial charge >= 0.3 is 0 Å². The third kappa shape index (κ3) is 4.42. The first-order valence-corrected chi connectivity index (χ1v) is 9.71. The van der Waals surface area contributed by atoms with Gasteiger partial charge in [0.2, 0.25) is 6.36 Å². The molecule has 0 fully saturated rings. The number of anilines is 1. The van der Waals surface area contributed by atoms with Crippen LogP contribution in [0.4, 0.5) is 10.2 Å². The molecule has 0 saturated heterocycles. The lowest BCUT2D eigenvalue weighted by Gasteiger charge is -2.22. The first-order valence-electron chi connectivity index (χ1n) is 9.71. The molecular weight excluding hydrogens is 411 g/mol. The van der Waals surface area contributed by atoms with Crippen LogP contribution in [0.5, 0.6) is 0 Å². The van der Waals surface area contributed by atoms with Crippen LogP contribution in [-0.2, 0) is 0 Å². The summed E-state index contributed by atoms with van der Waals surface area (Å²) in [6, 6.07) is 15.4. The highest BCUT2D eigenvalue weighted by Gasteiger charge is 2.27. The van der Waals surface area contributed by atoms with Gasteiger partial charge in [0.05, 0.1) is 24.3 Å². The minimum Gasteiger partial charge on any atom is -0.382 e. The van der Waals surface area contributed by atoms with E-state index in [4.69, 9.17) is 5.73 Å². The fourth-order valence-electron chi connectivity index (χ4n) is 3.27. The van der Waals surface area contributed by atoms with Gasteiger partial charge < -0.3 is 16.2 Å². The molecule has 0 bridgehead atoms. The summed E-state index contributed by atoms with van der Waals surface area (Å²) in [5, 5.41) is 20.0. The molecule has 32 heavy (non-hydrogen) atoms. The van der Waals surface area contributed by atoms with E-state index in [-0.39, 0.29) is 11.5 Å². The molecule has 2 aromatic carbocycles. The molecule has 1 amide bonds. The summed E-state index contributed by atoms with van der Waals surface area (Å²) in [6.45, 7) is 0. The first kappa shape index (κ1) is 21.0. The van der Waals surface area contributed by atoms with Crippen molar-refractivity contribution < 1.29 is 14.3 Å². The predicted octanol–water partition coefficient (Wildman–Crippen LogP) is 2.94. The Bertz CT molecular complexity index is 1220. The van der Waals surface area contributed by atoms with E-state index in [9.17, 15) is 14.3 Å². The number of benzene rings is 2. The Kier molecular flexibility index (Phi) is 6.09. The van der Waals surface area contributed by atoms with Gasteiger partial charge in [0.15, 0.2) is 0 Å². The number of halogens is 1. The minimum absolute atomic E-state index is 0.115. The largest absolute Gasteiger partial charge is 0.382 e. The van der Waals surface area contributed by atoms with Gasteiger partial charge in [-0.05, 0) is 23.8 Å². The Morgan fingerprint density at radius 3 is 2.47 bits per heavy atom. The van der Waals surface area contributed by atoms with E-state index in [1.807, 2.05) is 0 Å². The van der Waals surface area contributed by atoms with Crippen LogP contribution >= 0.6 is 0 Å². The second-order valence-electron chi connectivity index (χ2n) is 6.90. The number of carbonyl (C=O) groups excluding carboxylic acids is 1. The number of nitrogens with one attached hydrogen (secondary N) is 1. The summed E-state index contributed by atoms with van der Waals surface area (Å²) < 4.78 is 14.3. The topological polar surface area (TPSA) is 127 Å². The van der Waals surface area contributed by atoms with Gasteiger partial charge in [-0.15, -0.1) is 0 Å². The molecule has 0 aliphatic rings. The molecule has 4 aromatic rings. The number of hydrogen-bond acceptors (Lipinski definition) is 7. The monoisotopic (exact) mass is 430 g/mol. The molecule has 4 N–H and O–H groups in total. The summed E-state index contributed by atoms with van der Waals surface area (Å²) in [5.41, 5.74) is 8.61. The van der Waals surface area contributed by atoms with Crippen molar-refractivity contribution in [2.24, 2.45) is 0 Å². The van der Waals surface area contributed by atoms with E-state index in [1.165, 1.54) is 18.6 Å². The second-order valence-corrected chi connectivity index (χ2v) is 6.90. The highest BCUT2D eigenvalue weighted by atomic mass is 19.1. The van der Waals surface area contributed by atoms with Crippen molar-refractivity contribution in [2.75, 3.05) is 5.73 Å². The van der Waals surface area contributed by atoms with Crippen LogP contribution in [-0.4, -0.2) is 37.5 Å². The van der Waals surface area contributed by atoms with E-state index in [0.717, 1.165) is 0 Å². The van der Waals surface area contributed by atoms with Crippen LogP contribution in [0.3, 0.4) is 0 Å². The second kappa shape index (κ2) is 9.27. The predicted molar refractivity (Wildman–Crippen MR) is 117 cm³/mol. The van der Waals surface area contributed by atoms with Crippen molar-refractivity contribution in [1.29, 1.82) is 0 Å². The lowest BCUT2D eigenvalue weighted by atomic mass is 9.97. The van der Waals surface area contributed by atoms with E-state index in [0.29, 0.717) is 27.9 Å². The number of rotatable bonds is 6. The maximum Gasteiger partial charge on any atom is 0.251 e. The quantitative estimate of drug-likeness (QED) is 0.429. The van der Waals surface area contributed by atoms with Crippen molar-refractivity contribution in [1.82, 2.24) is 25.5 Å². The van der Waals surface area contributed by atoms with Crippen molar-refractivity contribution in [2.45, 2.75) is 12.4 Å². The Morgan fingerprint density at radius 2 is 1.75 bits per heavy atom. The molecule has 160 valence electrons. The van der Waals surface area contributed by atoms with Gasteiger partial charge in [0.25, 0.3) is 5.91 Å². The SMILES string of the molecule is Nc1ncc(-c2ccnnc2)nc1-c1ccccc1[C@H](NC(=O)c1ccccc1)[C@@H](O)F. The standard InChI is InChI=1S/C23H19FN6O2/c24-21(31)19(30-23(32)14-6-2-1-3-7-14)16-8-4-5-9-17(16)20-22(25)26-13-18(29-20)15-10-11-27-28-12-15/h1-13,19,21,31H,(H2,25,26)(H,30,32)/t19-,21+/m0/s1. The first-order chi connectivity index (χ1) is 15.5. The maximum absolute atomic E-state index is 14.3. The smallest absolute Gasteiger partial charge is 0.251 e. The molecule has 0 unspecified atom stereocenters. The molecule has 9 heteroatoms. The van der Waals surface area contributed by atoms with Gasteiger partial charge in [-0.3, -0.25) is 4.79 Å². The normalized spacial score (nSPS) is 12.7. The fraction of sp³-hybridized carbons (Fsp3) is 0.0870. The summed E-state index contributed by atoms with van der Waals surface area (Å²) in [7, 11) is 0. The van der Waals surface area contributed by atoms with E-state index in [2.05, 4.69) is 25.5 Å². The van der Waals surface area contributed by atoms with Crippen molar-refractivity contribution in [3.8, 4) is 22.5 Å². The highest BCUT2D eigenvalue weighted by Crippen LogP contribution is 2.33. The zero-order chi connectivity index (χ0) is 22.5. The Hall–Kier alpha value is -4.24. The minimum atomic E-state index is -2.37. The zero-order valence-electron chi connectivity index (χ0n) is 16.8. The van der Waals surface area contributed by atoms with Gasteiger partial charge in [-0.1, -0.05) is 42.5 Å². The molecule has 2 atom stereocenters. The molecule has 0 aliphatic carbocycles. The van der Waals surface area contributed by atoms with Crippen molar-refractivity contribution in [3.63, 3.8) is 0 Å². The number of hydrogen-bond donors (Lipinski definition) is 3. The number of amides is 1. The van der Waals surface area contributed by atoms with E-state index >= 15 is 0 Å². The number of nitrogen functional groups attached to an aromatic ring is 1. The summed E-state index contributed by atoms with van der Waals surface area (Å²) >= 11 is 0. The average Bonchev–Trinajstić information content (AvgIpc) is 2.84. The highest BCUT2D eigenvalue weighted by molar-refractivity contribution is 5.94. The molecule has 0 aliphatic heterocycles. The molecule has 2 aromatic heterocycles. The number of carbonyl (C=O) groups is 1. The van der Waals surface area contributed by atoms with Gasteiger partial charge in [0.1, 0.15) is 17.6 Å². The molecule has 4 rings (SSSR count). The number of aliphatic hydroxyl groups is 1. The Balaban J connectivity index is 1.76. The van der Waals surface area contributed by atoms with E-state index in [1.54, 1.807) is 60.7 Å². The number of nitrogens with two attached hydrogens (primary N) is 1. The average molecular weight is 430 g/mol.